The Kier molecular flexibility index (Phi) is 1.51. The molecule has 0 aromatic rings. The highest BCUT2D eigenvalue weighted by molar-refractivity contribution is 4.70. The summed E-state index contributed by atoms with van der Waals surface area (Å²) in [6.07, 6.45) is 1.40. The normalized spacial score (nSPS) is 38.2. The van der Waals surface area contributed by atoms with Crippen molar-refractivity contribution in [3.8, 4) is 0 Å². The van der Waals surface area contributed by atoms with E-state index >= 15 is 0 Å². The van der Waals surface area contributed by atoms with E-state index in [1.165, 1.54) is 0 Å². The van der Waals surface area contributed by atoms with Gasteiger partial charge >= 0.3 is 0 Å². The molecule has 0 unspecified atom stereocenters. The van der Waals surface area contributed by atoms with Gasteiger partial charge in [0.05, 0.1) is 13.2 Å². The molecule has 1 aliphatic rings. The number of ether oxygens (including phenoxy) is 1. The Morgan fingerprint density at radius 1 is 1.62 bits per heavy atom. The molecule has 0 bridgehead atoms. The fraction of sp³-hybridized carbons (Fsp3) is 1.00. The smallest absolute Gasteiger partial charge is 0.189 e. The van der Waals surface area contributed by atoms with Crippen LogP contribution in [-0.2, 0) is 4.74 Å². The molecule has 0 aliphatic carbocycles. The average Bonchev–Trinajstić information content (AvgIpc) is 2.17. The van der Waals surface area contributed by atoms with Crippen LogP contribution in [0.3, 0.4) is 0 Å². The Morgan fingerprint density at radius 3 is 2.62 bits per heavy atom. The lowest BCUT2D eigenvalue weighted by molar-refractivity contribution is -0.193. The van der Waals surface area contributed by atoms with Crippen molar-refractivity contribution in [3.63, 3.8) is 0 Å². The highest BCUT2D eigenvalue weighted by Crippen LogP contribution is 2.20. The SMILES string of the molecule is OC[C@@]1(O)CCCO1. The predicted molar refractivity (Wildman–Crippen MR) is 27.2 cm³/mol. The minimum absolute atomic E-state index is 0.285. The lowest BCUT2D eigenvalue weighted by Gasteiger charge is -2.16. The van der Waals surface area contributed by atoms with Gasteiger partial charge in [0.2, 0.25) is 0 Å². The van der Waals surface area contributed by atoms with Crippen LogP contribution in [-0.4, -0.2) is 29.2 Å². The van der Waals surface area contributed by atoms with E-state index in [1.807, 2.05) is 0 Å². The first-order valence-corrected chi connectivity index (χ1v) is 2.74. The van der Waals surface area contributed by atoms with Crippen LogP contribution < -0.4 is 0 Å². The summed E-state index contributed by atoms with van der Waals surface area (Å²) in [5.74, 6) is -1.21. The largest absolute Gasteiger partial charge is 0.391 e. The zero-order chi connectivity index (χ0) is 6.04. The van der Waals surface area contributed by atoms with Gasteiger partial charge in [0.25, 0.3) is 0 Å². The number of aliphatic hydroxyl groups excluding tert-OH is 1. The van der Waals surface area contributed by atoms with Crippen LogP contribution in [0.25, 0.3) is 0 Å². The number of rotatable bonds is 1. The first kappa shape index (κ1) is 6.01. The molecule has 8 heavy (non-hydrogen) atoms. The molecule has 0 aromatic heterocycles. The zero-order valence-corrected chi connectivity index (χ0v) is 4.63. The maximum atomic E-state index is 9.03. The molecule has 1 heterocycles. The van der Waals surface area contributed by atoms with E-state index in [-0.39, 0.29) is 6.61 Å². The monoisotopic (exact) mass is 118 g/mol. The van der Waals surface area contributed by atoms with E-state index in [0.29, 0.717) is 13.0 Å². The molecule has 2 N–H and O–H groups in total. The van der Waals surface area contributed by atoms with Crippen molar-refractivity contribution in [2.24, 2.45) is 0 Å². The minimum Gasteiger partial charge on any atom is -0.391 e. The molecular weight excluding hydrogens is 108 g/mol. The molecule has 0 aromatic carbocycles. The van der Waals surface area contributed by atoms with Gasteiger partial charge in [-0.3, -0.25) is 0 Å². The van der Waals surface area contributed by atoms with Crippen LogP contribution in [0.1, 0.15) is 12.8 Å². The standard InChI is InChI=1S/C5H10O3/c6-4-5(7)2-1-3-8-5/h6-7H,1-4H2/t5-/m1/s1. The van der Waals surface area contributed by atoms with Crippen molar-refractivity contribution >= 4 is 0 Å². The Morgan fingerprint density at radius 2 is 2.38 bits per heavy atom. The van der Waals surface area contributed by atoms with Crippen LogP contribution in [0.2, 0.25) is 0 Å². The third-order valence-corrected chi connectivity index (χ3v) is 1.33. The van der Waals surface area contributed by atoms with Crippen molar-refractivity contribution in [1.29, 1.82) is 0 Å². The van der Waals surface area contributed by atoms with Gasteiger partial charge < -0.3 is 14.9 Å². The number of hydrogen-bond acceptors (Lipinski definition) is 3. The summed E-state index contributed by atoms with van der Waals surface area (Å²) in [6, 6.07) is 0. The third kappa shape index (κ3) is 0.992. The predicted octanol–water partition coefficient (Wildman–Crippen LogP) is -0.522. The summed E-state index contributed by atoms with van der Waals surface area (Å²) in [4.78, 5) is 0. The zero-order valence-electron chi connectivity index (χ0n) is 4.63. The van der Waals surface area contributed by atoms with Crippen LogP contribution in [0.15, 0.2) is 0 Å². The van der Waals surface area contributed by atoms with Crippen molar-refractivity contribution in [3.05, 3.63) is 0 Å². The summed E-state index contributed by atoms with van der Waals surface area (Å²) in [6.45, 7) is 0.282. The number of hydrogen-bond donors (Lipinski definition) is 2. The molecule has 0 spiro atoms. The summed E-state index contributed by atoms with van der Waals surface area (Å²) < 4.78 is 4.80. The van der Waals surface area contributed by atoms with E-state index in [9.17, 15) is 0 Å². The van der Waals surface area contributed by atoms with Gasteiger partial charge in [-0.15, -0.1) is 0 Å². The average molecular weight is 118 g/mol. The Balaban J connectivity index is 2.40. The first-order chi connectivity index (χ1) is 3.77. The van der Waals surface area contributed by atoms with Crippen LogP contribution in [0.5, 0.6) is 0 Å². The quantitative estimate of drug-likeness (QED) is 0.487. The summed E-state index contributed by atoms with van der Waals surface area (Å²) >= 11 is 0. The van der Waals surface area contributed by atoms with Crippen molar-refractivity contribution in [2.75, 3.05) is 13.2 Å². The van der Waals surface area contributed by atoms with E-state index < -0.39 is 5.79 Å². The van der Waals surface area contributed by atoms with Crippen LogP contribution in [0.4, 0.5) is 0 Å². The second-order valence-electron chi connectivity index (χ2n) is 2.06. The lowest BCUT2D eigenvalue weighted by Crippen LogP contribution is -2.31. The lowest BCUT2D eigenvalue weighted by atomic mass is 10.2. The van der Waals surface area contributed by atoms with E-state index in [2.05, 4.69) is 0 Å². The van der Waals surface area contributed by atoms with Gasteiger partial charge in [0.15, 0.2) is 5.79 Å². The molecule has 1 fully saturated rings. The van der Waals surface area contributed by atoms with Crippen LogP contribution >= 0.6 is 0 Å². The molecule has 1 aliphatic heterocycles. The molecule has 0 saturated carbocycles. The molecule has 48 valence electrons. The van der Waals surface area contributed by atoms with E-state index in [1.54, 1.807) is 0 Å². The highest BCUT2D eigenvalue weighted by Gasteiger charge is 2.30. The van der Waals surface area contributed by atoms with Crippen molar-refractivity contribution in [1.82, 2.24) is 0 Å². The maximum Gasteiger partial charge on any atom is 0.189 e. The molecule has 0 radical (unpaired) electrons. The van der Waals surface area contributed by atoms with Gasteiger partial charge in [-0.2, -0.15) is 0 Å². The molecule has 1 saturated heterocycles. The van der Waals surface area contributed by atoms with Gasteiger partial charge in [0, 0.05) is 6.42 Å². The van der Waals surface area contributed by atoms with Crippen molar-refractivity contribution < 1.29 is 14.9 Å². The Labute approximate surface area is 47.9 Å². The third-order valence-electron chi connectivity index (χ3n) is 1.33. The summed E-state index contributed by atoms with van der Waals surface area (Å²) in [5, 5.41) is 17.5. The van der Waals surface area contributed by atoms with Crippen LogP contribution in [0, 0.1) is 0 Å². The fourth-order valence-corrected chi connectivity index (χ4v) is 0.807. The maximum absolute atomic E-state index is 9.03. The highest BCUT2D eigenvalue weighted by atomic mass is 16.6. The summed E-state index contributed by atoms with van der Waals surface area (Å²) in [5.41, 5.74) is 0. The topological polar surface area (TPSA) is 49.7 Å². The molecule has 3 nitrogen and oxygen atoms in total. The molecule has 1 atom stereocenters. The second-order valence-corrected chi connectivity index (χ2v) is 2.06. The first-order valence-electron chi connectivity index (χ1n) is 2.74. The minimum atomic E-state index is -1.21. The van der Waals surface area contributed by atoms with Gasteiger partial charge in [0.1, 0.15) is 0 Å². The second kappa shape index (κ2) is 2.01. The van der Waals surface area contributed by atoms with Gasteiger partial charge in [-0.1, -0.05) is 0 Å². The summed E-state index contributed by atoms with van der Waals surface area (Å²) in [7, 11) is 0. The molecule has 3 heteroatoms. The molecular formula is C5H10O3. The van der Waals surface area contributed by atoms with Gasteiger partial charge in [-0.05, 0) is 6.42 Å². The van der Waals surface area contributed by atoms with Crippen molar-refractivity contribution in [2.45, 2.75) is 18.6 Å². The Hall–Kier alpha value is -0.120. The molecule has 0 amide bonds. The van der Waals surface area contributed by atoms with E-state index in [0.717, 1.165) is 6.42 Å². The Bertz CT molecular complexity index is 75.7. The molecule has 1 rings (SSSR count). The van der Waals surface area contributed by atoms with Gasteiger partial charge in [-0.25, -0.2) is 0 Å². The number of aliphatic hydroxyl groups is 2. The van der Waals surface area contributed by atoms with E-state index in [4.69, 9.17) is 14.9 Å². The fourth-order valence-electron chi connectivity index (χ4n) is 0.807.